The van der Waals surface area contributed by atoms with Crippen LogP contribution in [-0.4, -0.2) is 23.1 Å². The number of anilines is 2. The molecule has 0 radical (unpaired) electrons. The third-order valence-electron chi connectivity index (χ3n) is 4.02. The van der Waals surface area contributed by atoms with E-state index in [9.17, 15) is 0 Å². The van der Waals surface area contributed by atoms with Crippen LogP contribution in [0.4, 0.5) is 11.8 Å². The fourth-order valence-corrected chi connectivity index (χ4v) is 3.80. The molecule has 2 aromatic rings. The van der Waals surface area contributed by atoms with Crippen molar-refractivity contribution in [3.05, 3.63) is 10.9 Å². The Labute approximate surface area is 123 Å². The largest absolute Gasteiger partial charge is 0.356 e. The topological polar surface area (TPSA) is 67.1 Å². The van der Waals surface area contributed by atoms with Gasteiger partial charge in [-0.15, -0.1) is 11.3 Å². The van der Waals surface area contributed by atoms with E-state index in [4.69, 9.17) is 5.84 Å². The van der Waals surface area contributed by atoms with Gasteiger partial charge in [0, 0.05) is 18.0 Å². The van der Waals surface area contributed by atoms with Gasteiger partial charge in [-0.05, 0) is 31.7 Å². The average molecular weight is 291 g/mol. The number of nitrogens with one attached hydrogen (secondary N) is 1. The molecule has 1 aliphatic heterocycles. The quantitative estimate of drug-likeness (QED) is 0.672. The molecule has 5 nitrogen and oxygen atoms in total. The standard InChI is InChI=1S/C14H21N5S/c1-3-10-5-4-6-19(8-10)12-11-7-9(2)20-13(11)17-14(16-12)18-15/h7,10H,3-6,8,15H2,1-2H3,(H,16,17,18). The lowest BCUT2D eigenvalue weighted by atomic mass is 9.95. The fraction of sp³-hybridized carbons (Fsp3) is 0.571. The third-order valence-corrected chi connectivity index (χ3v) is 4.97. The van der Waals surface area contributed by atoms with Gasteiger partial charge >= 0.3 is 0 Å². The summed E-state index contributed by atoms with van der Waals surface area (Å²) in [5.41, 5.74) is 2.59. The molecule has 0 saturated carbocycles. The Morgan fingerprint density at radius 3 is 3.10 bits per heavy atom. The second kappa shape index (κ2) is 5.54. The van der Waals surface area contributed by atoms with Crippen molar-refractivity contribution < 1.29 is 0 Å². The van der Waals surface area contributed by atoms with Crippen LogP contribution in [0.3, 0.4) is 0 Å². The summed E-state index contributed by atoms with van der Waals surface area (Å²) in [5, 5.41) is 1.16. The zero-order valence-electron chi connectivity index (χ0n) is 12.0. The van der Waals surface area contributed by atoms with Crippen LogP contribution in [0.25, 0.3) is 10.2 Å². The number of nitrogens with two attached hydrogens (primary N) is 1. The number of fused-ring (bicyclic) bond motifs is 1. The van der Waals surface area contributed by atoms with E-state index in [0.717, 1.165) is 35.0 Å². The van der Waals surface area contributed by atoms with Crippen LogP contribution >= 0.6 is 11.3 Å². The predicted octanol–water partition coefficient (Wildman–Crippen LogP) is 2.91. The number of hydrogen-bond acceptors (Lipinski definition) is 6. The highest BCUT2D eigenvalue weighted by atomic mass is 32.1. The molecule has 1 aliphatic rings. The Morgan fingerprint density at radius 2 is 2.35 bits per heavy atom. The van der Waals surface area contributed by atoms with E-state index in [0.29, 0.717) is 5.95 Å². The molecule has 1 unspecified atom stereocenters. The summed E-state index contributed by atoms with van der Waals surface area (Å²) in [6.45, 7) is 6.53. The van der Waals surface area contributed by atoms with E-state index in [1.807, 2.05) is 0 Å². The van der Waals surface area contributed by atoms with E-state index >= 15 is 0 Å². The molecule has 20 heavy (non-hydrogen) atoms. The van der Waals surface area contributed by atoms with Crippen molar-refractivity contribution in [3.63, 3.8) is 0 Å². The minimum atomic E-state index is 0.507. The van der Waals surface area contributed by atoms with Crippen molar-refractivity contribution in [2.45, 2.75) is 33.1 Å². The van der Waals surface area contributed by atoms with Crippen LogP contribution in [-0.2, 0) is 0 Å². The molecule has 0 bridgehead atoms. The lowest BCUT2D eigenvalue weighted by Gasteiger charge is -2.33. The Balaban J connectivity index is 2.04. The molecule has 3 heterocycles. The van der Waals surface area contributed by atoms with E-state index in [2.05, 4.69) is 40.2 Å². The molecule has 1 fully saturated rings. The van der Waals surface area contributed by atoms with Crippen LogP contribution in [0.2, 0.25) is 0 Å². The van der Waals surface area contributed by atoms with Crippen molar-refractivity contribution >= 4 is 33.3 Å². The first kappa shape index (κ1) is 13.6. The van der Waals surface area contributed by atoms with Gasteiger partial charge in [0.15, 0.2) is 0 Å². The monoisotopic (exact) mass is 291 g/mol. The molecule has 0 aromatic carbocycles. The van der Waals surface area contributed by atoms with Gasteiger partial charge in [0.05, 0.1) is 5.39 Å². The number of nitrogen functional groups attached to an aromatic ring is 1. The third kappa shape index (κ3) is 2.45. The Morgan fingerprint density at radius 1 is 1.50 bits per heavy atom. The SMILES string of the molecule is CCC1CCCN(c2nc(NN)nc3sc(C)cc23)C1. The van der Waals surface area contributed by atoms with Gasteiger partial charge in [0.1, 0.15) is 10.6 Å². The Hall–Kier alpha value is -1.40. The van der Waals surface area contributed by atoms with E-state index in [1.54, 1.807) is 11.3 Å². The van der Waals surface area contributed by atoms with Crippen molar-refractivity contribution in [2.75, 3.05) is 23.4 Å². The van der Waals surface area contributed by atoms with Crippen LogP contribution in [0, 0.1) is 12.8 Å². The first-order valence-corrected chi connectivity index (χ1v) is 8.02. The molecule has 2 aromatic heterocycles. The lowest BCUT2D eigenvalue weighted by molar-refractivity contribution is 0.403. The summed E-state index contributed by atoms with van der Waals surface area (Å²) in [4.78, 5) is 13.7. The number of nitrogens with zero attached hydrogens (tertiary/aromatic N) is 3. The maximum absolute atomic E-state index is 5.51. The molecule has 0 spiro atoms. The molecule has 3 rings (SSSR count). The summed E-state index contributed by atoms with van der Waals surface area (Å²) < 4.78 is 0. The first-order chi connectivity index (χ1) is 9.71. The Kier molecular flexibility index (Phi) is 3.76. The van der Waals surface area contributed by atoms with Crippen LogP contribution < -0.4 is 16.2 Å². The van der Waals surface area contributed by atoms with Gasteiger partial charge in [-0.2, -0.15) is 4.98 Å². The molecule has 0 aliphatic carbocycles. The van der Waals surface area contributed by atoms with Crippen molar-refractivity contribution in [1.29, 1.82) is 0 Å². The summed E-state index contributed by atoms with van der Waals surface area (Å²) in [7, 11) is 0. The highest BCUT2D eigenvalue weighted by Gasteiger charge is 2.22. The van der Waals surface area contributed by atoms with Gasteiger partial charge in [-0.3, -0.25) is 5.43 Å². The average Bonchev–Trinajstić information content (AvgIpc) is 2.86. The van der Waals surface area contributed by atoms with Crippen LogP contribution in [0.1, 0.15) is 31.1 Å². The van der Waals surface area contributed by atoms with Gasteiger partial charge in [0.25, 0.3) is 0 Å². The van der Waals surface area contributed by atoms with Crippen molar-refractivity contribution in [3.8, 4) is 0 Å². The molecule has 3 N–H and O–H groups in total. The zero-order chi connectivity index (χ0) is 14.1. The Bertz CT molecular complexity index is 609. The number of hydrogen-bond donors (Lipinski definition) is 2. The van der Waals surface area contributed by atoms with Gasteiger partial charge in [0.2, 0.25) is 5.95 Å². The highest BCUT2D eigenvalue weighted by Crippen LogP contribution is 2.33. The predicted molar refractivity (Wildman–Crippen MR) is 85.2 cm³/mol. The second-order valence-electron chi connectivity index (χ2n) is 5.45. The minimum absolute atomic E-state index is 0.507. The fourth-order valence-electron chi connectivity index (χ4n) is 2.92. The number of thiophene rings is 1. The summed E-state index contributed by atoms with van der Waals surface area (Å²) in [6.07, 6.45) is 3.79. The van der Waals surface area contributed by atoms with Crippen LogP contribution in [0.5, 0.6) is 0 Å². The lowest BCUT2D eigenvalue weighted by Crippen LogP contribution is -2.36. The zero-order valence-corrected chi connectivity index (χ0v) is 12.8. The van der Waals surface area contributed by atoms with E-state index < -0.39 is 0 Å². The van der Waals surface area contributed by atoms with Gasteiger partial charge < -0.3 is 4.90 Å². The number of hydrazine groups is 1. The van der Waals surface area contributed by atoms with Crippen LogP contribution in [0.15, 0.2) is 6.07 Å². The number of aryl methyl sites for hydroxylation is 1. The van der Waals surface area contributed by atoms with Crippen molar-refractivity contribution in [2.24, 2.45) is 11.8 Å². The second-order valence-corrected chi connectivity index (χ2v) is 6.69. The van der Waals surface area contributed by atoms with E-state index in [1.165, 1.54) is 24.1 Å². The minimum Gasteiger partial charge on any atom is -0.356 e. The molecular formula is C14H21N5S. The molecule has 1 saturated heterocycles. The van der Waals surface area contributed by atoms with Gasteiger partial charge in [-0.25, -0.2) is 10.8 Å². The van der Waals surface area contributed by atoms with Gasteiger partial charge in [-0.1, -0.05) is 13.3 Å². The number of aromatic nitrogens is 2. The molecule has 6 heteroatoms. The smallest absolute Gasteiger partial charge is 0.240 e. The molecule has 0 amide bonds. The summed E-state index contributed by atoms with van der Waals surface area (Å²) in [6, 6.07) is 2.19. The molecule has 108 valence electrons. The molecule has 1 atom stereocenters. The molecular weight excluding hydrogens is 270 g/mol. The van der Waals surface area contributed by atoms with Crippen molar-refractivity contribution in [1.82, 2.24) is 9.97 Å². The normalized spacial score (nSPS) is 19.6. The number of piperidine rings is 1. The maximum atomic E-state index is 5.51. The highest BCUT2D eigenvalue weighted by molar-refractivity contribution is 7.18. The maximum Gasteiger partial charge on any atom is 0.240 e. The number of rotatable bonds is 3. The summed E-state index contributed by atoms with van der Waals surface area (Å²) in [5.74, 6) is 7.82. The van der Waals surface area contributed by atoms with E-state index in [-0.39, 0.29) is 0 Å². The first-order valence-electron chi connectivity index (χ1n) is 7.21. The summed E-state index contributed by atoms with van der Waals surface area (Å²) >= 11 is 1.69.